The number of hydrogen-bond acceptors (Lipinski definition) is 5. The van der Waals surface area contributed by atoms with Gasteiger partial charge in [0.2, 0.25) is 0 Å². The second-order valence-corrected chi connectivity index (χ2v) is 7.64. The summed E-state index contributed by atoms with van der Waals surface area (Å²) in [5.41, 5.74) is 1.18. The van der Waals surface area contributed by atoms with Gasteiger partial charge in [-0.2, -0.15) is 5.10 Å². The molecule has 2 aromatic rings. The van der Waals surface area contributed by atoms with Crippen molar-refractivity contribution in [2.45, 2.75) is 52.6 Å². The van der Waals surface area contributed by atoms with E-state index in [1.54, 1.807) is 16.2 Å². The molecule has 1 N–H and O–H groups in total. The molecule has 8 heteroatoms. The Hall–Kier alpha value is -1.96. The predicted molar refractivity (Wildman–Crippen MR) is 92.1 cm³/mol. The number of carbonyl (C=O) groups is 1. The van der Waals surface area contributed by atoms with E-state index in [4.69, 9.17) is 0 Å². The lowest BCUT2D eigenvalue weighted by Crippen LogP contribution is -2.41. The number of urea groups is 1. The van der Waals surface area contributed by atoms with Crippen molar-refractivity contribution < 1.29 is 4.79 Å². The standard InChI is InChI=1S/C16H22N6OS/c1-3-11-4-5-12-13(8-11)24-15(18-12)19-16(23)21-6-7-22-14(9-21)17-10(2)20-22/h11H,3-9H2,1-2H3,(H,18,19,23)/t11-/m1/s1. The largest absolute Gasteiger partial charge is 0.324 e. The number of carbonyl (C=O) groups excluding carboxylic acids is 1. The lowest BCUT2D eigenvalue weighted by molar-refractivity contribution is 0.193. The number of rotatable bonds is 2. The third-order valence-electron chi connectivity index (χ3n) is 4.89. The van der Waals surface area contributed by atoms with Crippen LogP contribution in [0.2, 0.25) is 0 Å². The van der Waals surface area contributed by atoms with E-state index in [0.717, 1.165) is 35.5 Å². The summed E-state index contributed by atoms with van der Waals surface area (Å²) in [7, 11) is 0. The Morgan fingerprint density at radius 2 is 2.25 bits per heavy atom. The van der Waals surface area contributed by atoms with Crippen molar-refractivity contribution in [3.63, 3.8) is 0 Å². The number of fused-ring (bicyclic) bond motifs is 2. The number of hydrogen-bond donors (Lipinski definition) is 1. The number of aromatic nitrogens is 4. The van der Waals surface area contributed by atoms with Crippen LogP contribution in [0.1, 0.15) is 42.0 Å². The smallest absolute Gasteiger partial charge is 0.315 e. The van der Waals surface area contributed by atoms with Gasteiger partial charge in [0, 0.05) is 11.4 Å². The Balaban J connectivity index is 1.43. The quantitative estimate of drug-likeness (QED) is 0.907. The van der Waals surface area contributed by atoms with Crippen LogP contribution in [0.25, 0.3) is 0 Å². The average molecular weight is 346 g/mol. The van der Waals surface area contributed by atoms with Crippen LogP contribution in [-0.2, 0) is 25.9 Å². The predicted octanol–water partition coefficient (Wildman–Crippen LogP) is 2.61. The molecule has 2 amide bonds. The lowest BCUT2D eigenvalue weighted by atomic mass is 9.89. The molecule has 0 unspecified atom stereocenters. The summed E-state index contributed by atoms with van der Waals surface area (Å²) >= 11 is 1.63. The fraction of sp³-hybridized carbons (Fsp3) is 0.625. The van der Waals surface area contributed by atoms with Crippen molar-refractivity contribution in [3.8, 4) is 0 Å². The Kier molecular flexibility index (Phi) is 3.99. The molecule has 7 nitrogen and oxygen atoms in total. The molecule has 0 radical (unpaired) electrons. The monoisotopic (exact) mass is 346 g/mol. The first-order chi connectivity index (χ1) is 11.6. The molecule has 2 aromatic heterocycles. The second kappa shape index (κ2) is 6.16. The van der Waals surface area contributed by atoms with Crippen molar-refractivity contribution in [2.24, 2.45) is 5.92 Å². The van der Waals surface area contributed by atoms with Gasteiger partial charge in [-0.15, -0.1) is 11.3 Å². The summed E-state index contributed by atoms with van der Waals surface area (Å²) in [6.45, 7) is 5.95. The highest BCUT2D eigenvalue weighted by molar-refractivity contribution is 7.15. The molecule has 0 saturated heterocycles. The van der Waals surface area contributed by atoms with Crippen LogP contribution in [0.5, 0.6) is 0 Å². The van der Waals surface area contributed by atoms with Gasteiger partial charge >= 0.3 is 6.03 Å². The maximum absolute atomic E-state index is 12.5. The lowest BCUT2D eigenvalue weighted by Gasteiger charge is -2.26. The fourth-order valence-corrected chi connectivity index (χ4v) is 4.56. The number of nitrogens with one attached hydrogen (secondary N) is 1. The van der Waals surface area contributed by atoms with Crippen LogP contribution in [0.4, 0.5) is 9.93 Å². The molecule has 24 heavy (non-hydrogen) atoms. The molecule has 0 spiro atoms. The number of nitrogens with zero attached hydrogens (tertiary/aromatic N) is 5. The Bertz CT molecular complexity index is 767. The zero-order chi connectivity index (χ0) is 16.7. The Morgan fingerprint density at radius 1 is 1.38 bits per heavy atom. The van der Waals surface area contributed by atoms with Gasteiger partial charge in [0.15, 0.2) is 5.13 Å². The number of anilines is 1. The van der Waals surface area contributed by atoms with E-state index >= 15 is 0 Å². The van der Waals surface area contributed by atoms with E-state index in [0.29, 0.717) is 19.6 Å². The van der Waals surface area contributed by atoms with E-state index in [2.05, 4.69) is 27.3 Å². The van der Waals surface area contributed by atoms with Gasteiger partial charge in [-0.25, -0.2) is 19.4 Å². The summed E-state index contributed by atoms with van der Waals surface area (Å²) < 4.78 is 1.88. The topological polar surface area (TPSA) is 75.9 Å². The molecule has 0 saturated carbocycles. The van der Waals surface area contributed by atoms with Crippen molar-refractivity contribution in [3.05, 3.63) is 22.2 Å². The number of thiazole rings is 1. The highest BCUT2D eigenvalue weighted by atomic mass is 32.1. The maximum atomic E-state index is 12.5. The summed E-state index contributed by atoms with van der Waals surface area (Å²) in [5.74, 6) is 2.36. The highest BCUT2D eigenvalue weighted by Gasteiger charge is 2.25. The molecule has 1 aliphatic heterocycles. The molecular weight excluding hydrogens is 324 g/mol. The fourth-order valence-electron chi connectivity index (χ4n) is 3.45. The number of amides is 2. The van der Waals surface area contributed by atoms with Gasteiger partial charge in [0.1, 0.15) is 11.6 Å². The third-order valence-corrected chi connectivity index (χ3v) is 5.92. The SMILES string of the molecule is CC[C@@H]1CCc2nc(NC(=O)N3CCn4nc(C)nc4C3)sc2C1. The molecule has 0 fully saturated rings. The van der Waals surface area contributed by atoms with Gasteiger partial charge in [-0.1, -0.05) is 13.3 Å². The minimum atomic E-state index is -0.0972. The molecule has 128 valence electrons. The van der Waals surface area contributed by atoms with Crippen molar-refractivity contribution in [2.75, 3.05) is 11.9 Å². The summed E-state index contributed by atoms with van der Waals surface area (Å²) in [6.07, 6.45) is 4.56. The first kappa shape index (κ1) is 15.6. The normalized spacial score (nSPS) is 19.8. The molecular formula is C16H22N6OS. The van der Waals surface area contributed by atoms with Crippen LogP contribution in [0.15, 0.2) is 0 Å². The molecule has 0 aromatic carbocycles. The van der Waals surface area contributed by atoms with E-state index < -0.39 is 0 Å². The van der Waals surface area contributed by atoms with Crippen LogP contribution in [0.3, 0.4) is 0 Å². The summed E-state index contributed by atoms with van der Waals surface area (Å²) in [6, 6.07) is -0.0972. The molecule has 2 aliphatic rings. The van der Waals surface area contributed by atoms with Gasteiger partial charge in [0.05, 0.1) is 18.8 Å². The van der Waals surface area contributed by atoms with E-state index in [1.807, 2.05) is 11.6 Å². The summed E-state index contributed by atoms with van der Waals surface area (Å²) in [5, 5.41) is 8.03. The van der Waals surface area contributed by atoms with Gasteiger partial charge in [0.25, 0.3) is 0 Å². The zero-order valence-corrected chi connectivity index (χ0v) is 14.9. The molecule has 1 aliphatic carbocycles. The molecule has 3 heterocycles. The second-order valence-electron chi connectivity index (χ2n) is 6.56. The maximum Gasteiger partial charge on any atom is 0.324 e. The molecule has 0 bridgehead atoms. The summed E-state index contributed by atoms with van der Waals surface area (Å²) in [4.78, 5) is 24.7. The van der Waals surface area contributed by atoms with E-state index in [1.165, 1.54) is 23.4 Å². The van der Waals surface area contributed by atoms with Crippen LogP contribution >= 0.6 is 11.3 Å². The Labute approximate surface area is 145 Å². The first-order valence-corrected chi connectivity index (χ1v) is 9.39. The minimum Gasteiger partial charge on any atom is -0.315 e. The highest BCUT2D eigenvalue weighted by Crippen LogP contribution is 2.33. The van der Waals surface area contributed by atoms with Gasteiger partial charge < -0.3 is 4.90 Å². The van der Waals surface area contributed by atoms with Gasteiger partial charge in [-0.05, 0) is 32.1 Å². The van der Waals surface area contributed by atoms with E-state index in [9.17, 15) is 4.79 Å². The molecule has 4 rings (SSSR count). The first-order valence-electron chi connectivity index (χ1n) is 8.57. The van der Waals surface area contributed by atoms with Crippen LogP contribution < -0.4 is 5.32 Å². The van der Waals surface area contributed by atoms with Gasteiger partial charge in [-0.3, -0.25) is 5.32 Å². The van der Waals surface area contributed by atoms with Crippen LogP contribution in [-0.4, -0.2) is 37.2 Å². The van der Waals surface area contributed by atoms with Crippen molar-refractivity contribution in [1.82, 2.24) is 24.6 Å². The molecule has 1 atom stereocenters. The van der Waals surface area contributed by atoms with E-state index in [-0.39, 0.29) is 6.03 Å². The zero-order valence-electron chi connectivity index (χ0n) is 14.1. The van der Waals surface area contributed by atoms with Crippen molar-refractivity contribution in [1.29, 1.82) is 0 Å². The van der Waals surface area contributed by atoms with Crippen molar-refractivity contribution >= 4 is 22.5 Å². The minimum absolute atomic E-state index is 0.0972. The third kappa shape index (κ3) is 2.90. The Morgan fingerprint density at radius 3 is 3.08 bits per heavy atom. The van der Waals surface area contributed by atoms with Crippen LogP contribution in [0, 0.1) is 12.8 Å². The number of aryl methyl sites for hydroxylation is 2. The average Bonchev–Trinajstić information content (AvgIpc) is 3.14.